The lowest BCUT2D eigenvalue weighted by molar-refractivity contribution is 0.581. The van der Waals surface area contributed by atoms with Crippen molar-refractivity contribution in [2.75, 3.05) is 11.1 Å². The highest BCUT2D eigenvalue weighted by Gasteiger charge is 2.13. The number of halogens is 3. The second-order valence-electron chi connectivity index (χ2n) is 4.38. The molecule has 1 aromatic carbocycles. The highest BCUT2D eigenvalue weighted by atomic mass is 79.9. The van der Waals surface area contributed by atoms with E-state index in [2.05, 4.69) is 31.2 Å². The molecular formula is C13H9BrF2N4S. The van der Waals surface area contributed by atoms with Crippen LogP contribution in [-0.2, 0) is 0 Å². The van der Waals surface area contributed by atoms with Crippen LogP contribution in [0.5, 0.6) is 0 Å². The Morgan fingerprint density at radius 3 is 2.71 bits per heavy atom. The summed E-state index contributed by atoms with van der Waals surface area (Å²) in [5.74, 6) is -0.905. The smallest absolute Gasteiger partial charge is 0.223 e. The number of thiophene rings is 1. The Morgan fingerprint density at radius 2 is 1.95 bits per heavy atom. The number of fused-ring (bicyclic) bond motifs is 1. The van der Waals surface area contributed by atoms with E-state index >= 15 is 0 Å². The first kappa shape index (κ1) is 14.2. The zero-order chi connectivity index (χ0) is 15.1. The van der Waals surface area contributed by atoms with Crippen LogP contribution in [0.25, 0.3) is 10.2 Å². The van der Waals surface area contributed by atoms with E-state index in [4.69, 9.17) is 5.73 Å². The molecule has 0 aliphatic rings. The second-order valence-corrected chi connectivity index (χ2v) is 6.47. The molecule has 0 fully saturated rings. The minimum absolute atomic E-state index is 0.0911. The van der Waals surface area contributed by atoms with Crippen molar-refractivity contribution < 1.29 is 8.78 Å². The Kier molecular flexibility index (Phi) is 3.50. The van der Waals surface area contributed by atoms with Crippen molar-refractivity contribution in [2.45, 2.75) is 6.92 Å². The van der Waals surface area contributed by atoms with Gasteiger partial charge in [0.05, 0.1) is 15.5 Å². The molecule has 2 heterocycles. The van der Waals surface area contributed by atoms with Crippen LogP contribution in [0.4, 0.5) is 26.2 Å². The molecule has 0 aliphatic carbocycles. The first-order valence-corrected chi connectivity index (χ1v) is 7.50. The van der Waals surface area contributed by atoms with E-state index < -0.39 is 11.6 Å². The number of anilines is 3. The monoisotopic (exact) mass is 370 g/mol. The van der Waals surface area contributed by atoms with Gasteiger partial charge in [0.15, 0.2) is 0 Å². The SMILES string of the molecule is Cc1cc2c(Nc3cc(Br)c(F)cc3F)nc(N)nc2s1. The molecule has 0 atom stereocenters. The van der Waals surface area contributed by atoms with Crippen molar-refractivity contribution in [1.82, 2.24) is 9.97 Å². The highest BCUT2D eigenvalue weighted by Crippen LogP contribution is 2.32. The van der Waals surface area contributed by atoms with E-state index in [9.17, 15) is 8.78 Å². The topological polar surface area (TPSA) is 63.8 Å². The molecule has 108 valence electrons. The van der Waals surface area contributed by atoms with Crippen LogP contribution in [-0.4, -0.2) is 9.97 Å². The Labute approximate surface area is 131 Å². The number of nitrogens with two attached hydrogens (primary N) is 1. The van der Waals surface area contributed by atoms with Gasteiger partial charge < -0.3 is 11.1 Å². The first-order chi connectivity index (χ1) is 9.94. The van der Waals surface area contributed by atoms with Crippen LogP contribution in [0.15, 0.2) is 22.7 Å². The number of nitrogens with one attached hydrogen (secondary N) is 1. The third kappa shape index (κ3) is 2.68. The molecule has 0 unspecified atom stereocenters. The van der Waals surface area contributed by atoms with Gasteiger partial charge in [0.25, 0.3) is 0 Å². The number of nitrogens with zero attached hydrogens (tertiary/aromatic N) is 2. The lowest BCUT2D eigenvalue weighted by Gasteiger charge is -2.09. The molecule has 3 N–H and O–H groups in total. The molecular weight excluding hydrogens is 362 g/mol. The van der Waals surface area contributed by atoms with Gasteiger partial charge in [-0.25, -0.2) is 13.8 Å². The normalized spacial score (nSPS) is 11.0. The molecule has 0 amide bonds. The maximum Gasteiger partial charge on any atom is 0.223 e. The van der Waals surface area contributed by atoms with E-state index in [1.165, 1.54) is 17.4 Å². The summed E-state index contributed by atoms with van der Waals surface area (Å²) >= 11 is 4.49. The van der Waals surface area contributed by atoms with Crippen LogP contribution in [0.3, 0.4) is 0 Å². The third-order valence-electron chi connectivity index (χ3n) is 2.80. The number of aryl methyl sites for hydroxylation is 1. The van der Waals surface area contributed by atoms with E-state index in [0.29, 0.717) is 10.6 Å². The number of nitrogen functional groups attached to an aromatic ring is 1. The van der Waals surface area contributed by atoms with Crippen molar-refractivity contribution in [3.8, 4) is 0 Å². The summed E-state index contributed by atoms with van der Waals surface area (Å²) in [6, 6.07) is 4.00. The van der Waals surface area contributed by atoms with Gasteiger partial charge in [-0.05, 0) is 35.0 Å². The summed E-state index contributed by atoms with van der Waals surface area (Å²) < 4.78 is 27.2. The quantitative estimate of drug-likeness (QED) is 0.657. The van der Waals surface area contributed by atoms with Gasteiger partial charge in [0.2, 0.25) is 5.95 Å². The summed E-state index contributed by atoms with van der Waals surface area (Å²) in [5.41, 5.74) is 5.76. The van der Waals surface area contributed by atoms with Gasteiger partial charge in [-0.3, -0.25) is 0 Å². The average molecular weight is 371 g/mol. The number of hydrogen-bond acceptors (Lipinski definition) is 5. The fraction of sp³-hybridized carbons (Fsp3) is 0.0769. The summed E-state index contributed by atoms with van der Waals surface area (Å²) in [4.78, 5) is 9.97. The maximum absolute atomic E-state index is 13.8. The van der Waals surface area contributed by atoms with Crippen molar-refractivity contribution in [3.05, 3.63) is 39.2 Å². The summed E-state index contributed by atoms with van der Waals surface area (Å²) in [7, 11) is 0. The molecule has 0 saturated heterocycles. The molecule has 0 saturated carbocycles. The Morgan fingerprint density at radius 1 is 1.19 bits per heavy atom. The predicted molar refractivity (Wildman–Crippen MR) is 83.9 cm³/mol. The van der Waals surface area contributed by atoms with Crippen LogP contribution in [0.1, 0.15) is 4.88 Å². The largest absolute Gasteiger partial charge is 0.368 e. The molecule has 0 bridgehead atoms. The minimum atomic E-state index is -0.715. The minimum Gasteiger partial charge on any atom is -0.368 e. The standard InChI is InChI=1S/C13H9BrF2N4S/c1-5-2-6-11(19-13(17)20-12(6)21-5)18-10-3-7(14)8(15)4-9(10)16/h2-4H,1H3,(H3,17,18,19,20). The molecule has 0 spiro atoms. The Balaban J connectivity index is 2.11. The van der Waals surface area contributed by atoms with Gasteiger partial charge in [-0.1, -0.05) is 0 Å². The molecule has 3 aromatic rings. The van der Waals surface area contributed by atoms with Gasteiger partial charge in [0.1, 0.15) is 22.3 Å². The number of hydrogen-bond donors (Lipinski definition) is 2. The molecule has 3 rings (SSSR count). The molecule has 0 radical (unpaired) electrons. The molecule has 0 aliphatic heterocycles. The lowest BCUT2D eigenvalue weighted by Crippen LogP contribution is -2.02. The van der Waals surface area contributed by atoms with E-state index in [1.54, 1.807) is 0 Å². The molecule has 4 nitrogen and oxygen atoms in total. The van der Waals surface area contributed by atoms with Crippen LogP contribution >= 0.6 is 27.3 Å². The van der Waals surface area contributed by atoms with Crippen LogP contribution in [0.2, 0.25) is 0 Å². The molecule has 8 heteroatoms. The fourth-order valence-electron chi connectivity index (χ4n) is 1.90. The fourth-order valence-corrected chi connectivity index (χ4v) is 3.13. The van der Waals surface area contributed by atoms with Crippen molar-refractivity contribution in [2.24, 2.45) is 0 Å². The van der Waals surface area contributed by atoms with E-state index in [1.807, 2.05) is 13.0 Å². The zero-order valence-corrected chi connectivity index (χ0v) is 13.1. The van der Waals surface area contributed by atoms with Crippen molar-refractivity contribution in [3.63, 3.8) is 0 Å². The predicted octanol–water partition coefficient (Wildman–Crippen LogP) is 4.37. The van der Waals surface area contributed by atoms with Gasteiger partial charge in [-0.15, -0.1) is 11.3 Å². The second kappa shape index (κ2) is 5.19. The number of benzene rings is 1. The van der Waals surface area contributed by atoms with Crippen LogP contribution < -0.4 is 11.1 Å². The van der Waals surface area contributed by atoms with Gasteiger partial charge >= 0.3 is 0 Å². The average Bonchev–Trinajstić information content (AvgIpc) is 2.76. The molecule has 2 aromatic heterocycles. The number of aromatic nitrogens is 2. The zero-order valence-electron chi connectivity index (χ0n) is 10.7. The first-order valence-electron chi connectivity index (χ1n) is 5.89. The van der Waals surface area contributed by atoms with E-state index in [-0.39, 0.29) is 16.1 Å². The van der Waals surface area contributed by atoms with Gasteiger partial charge in [0, 0.05) is 10.9 Å². The molecule has 21 heavy (non-hydrogen) atoms. The number of rotatable bonds is 2. The van der Waals surface area contributed by atoms with E-state index in [0.717, 1.165) is 16.3 Å². The highest BCUT2D eigenvalue weighted by molar-refractivity contribution is 9.10. The summed E-state index contributed by atoms with van der Waals surface area (Å²) in [6.45, 7) is 1.93. The van der Waals surface area contributed by atoms with Crippen LogP contribution in [0, 0.1) is 18.6 Å². The Hall–Kier alpha value is -1.80. The summed E-state index contributed by atoms with van der Waals surface area (Å²) in [6.07, 6.45) is 0. The van der Waals surface area contributed by atoms with Crippen molar-refractivity contribution in [1.29, 1.82) is 0 Å². The van der Waals surface area contributed by atoms with Gasteiger partial charge in [-0.2, -0.15) is 4.98 Å². The van der Waals surface area contributed by atoms with Crippen molar-refractivity contribution >= 4 is 54.9 Å². The third-order valence-corrected chi connectivity index (χ3v) is 4.35. The summed E-state index contributed by atoms with van der Waals surface area (Å²) in [5, 5.41) is 3.58. The maximum atomic E-state index is 13.8. The lowest BCUT2D eigenvalue weighted by atomic mass is 10.2. The Bertz CT molecular complexity index is 850.